The van der Waals surface area contributed by atoms with Crippen LogP contribution in [-0.2, 0) is 5.41 Å². The zero-order chi connectivity index (χ0) is 39.5. The standard InChI is InChI=1S/C54H31N5O/c55-31-33-20-24-48-40(27-33)38-13-4-8-18-47(38)59(48)37-22-23-43-51(30-37)60-50-19-9-6-15-42(50)54(43)44-16-10-26-56-52(44)53-45(54)29-35(32-57-53)34-21-25-49-41(28-34)39-14-5-7-17-46(39)58(49)36-11-2-1-3-12-36/h1-30,32H. The van der Waals surface area contributed by atoms with Gasteiger partial charge in [-0.25, -0.2) is 0 Å². The van der Waals surface area contributed by atoms with Crippen molar-refractivity contribution in [2.24, 2.45) is 0 Å². The van der Waals surface area contributed by atoms with E-state index in [9.17, 15) is 5.26 Å². The first kappa shape index (κ1) is 32.8. The summed E-state index contributed by atoms with van der Waals surface area (Å²) >= 11 is 0. The van der Waals surface area contributed by atoms with Gasteiger partial charge in [-0.1, -0.05) is 91.0 Å². The van der Waals surface area contributed by atoms with Crippen LogP contribution in [0.4, 0.5) is 0 Å². The number of para-hydroxylation sites is 4. The molecule has 6 nitrogen and oxygen atoms in total. The van der Waals surface area contributed by atoms with Gasteiger partial charge in [0.25, 0.3) is 0 Å². The third kappa shape index (κ3) is 4.30. The van der Waals surface area contributed by atoms with Gasteiger partial charge in [-0.05, 0) is 90.0 Å². The van der Waals surface area contributed by atoms with Crippen LogP contribution in [0.5, 0.6) is 11.5 Å². The second-order valence-electron chi connectivity index (χ2n) is 15.7. The third-order valence-corrected chi connectivity index (χ3v) is 12.7. The maximum atomic E-state index is 9.77. The van der Waals surface area contributed by atoms with Gasteiger partial charge in [-0.3, -0.25) is 9.97 Å². The molecular formula is C54H31N5O. The Hall–Kier alpha value is -8.27. The first-order chi connectivity index (χ1) is 29.7. The molecule has 0 bridgehead atoms. The molecule has 5 heterocycles. The molecule has 6 heteroatoms. The Balaban J connectivity index is 1.04. The number of fused-ring (bicyclic) bond motifs is 15. The number of ether oxygens (including phenoxy) is 1. The smallest absolute Gasteiger partial charge is 0.134 e. The van der Waals surface area contributed by atoms with Crippen LogP contribution in [0.25, 0.3) is 77.5 Å². The number of hydrogen-bond acceptors (Lipinski definition) is 4. The molecule has 1 unspecified atom stereocenters. The SMILES string of the molecule is N#Cc1ccc2c(c1)c1ccccc1n2-c1ccc2c(c1)Oc1ccccc1C21c2cccnc2-c2ncc(-c3ccc4c(c3)c3ccccc3n4-c3ccccc3)cc21. The van der Waals surface area contributed by atoms with Crippen molar-refractivity contribution >= 4 is 43.6 Å². The highest BCUT2D eigenvalue weighted by Gasteiger charge is 2.52. The van der Waals surface area contributed by atoms with Crippen molar-refractivity contribution in [1.82, 2.24) is 19.1 Å². The number of nitrogens with zero attached hydrogens (tertiary/aromatic N) is 5. The zero-order valence-corrected chi connectivity index (χ0v) is 32.0. The van der Waals surface area contributed by atoms with Crippen molar-refractivity contribution in [2.75, 3.05) is 0 Å². The van der Waals surface area contributed by atoms with Crippen molar-refractivity contribution in [1.29, 1.82) is 5.26 Å². The predicted octanol–water partition coefficient (Wildman–Crippen LogP) is 12.7. The summed E-state index contributed by atoms with van der Waals surface area (Å²) in [4.78, 5) is 10.3. The normalized spacial score (nSPS) is 14.8. The van der Waals surface area contributed by atoms with Gasteiger partial charge in [0.15, 0.2) is 0 Å². The molecule has 1 spiro atoms. The Kier molecular flexibility index (Phi) is 6.62. The molecule has 1 aliphatic heterocycles. The van der Waals surface area contributed by atoms with Crippen LogP contribution in [0.15, 0.2) is 188 Å². The van der Waals surface area contributed by atoms with Gasteiger partial charge in [0.05, 0.1) is 50.5 Å². The molecule has 11 aromatic rings. The molecule has 0 fully saturated rings. The Morgan fingerprint density at radius 3 is 1.92 bits per heavy atom. The van der Waals surface area contributed by atoms with Crippen LogP contribution in [0.3, 0.4) is 0 Å². The van der Waals surface area contributed by atoms with Gasteiger partial charge in [-0.2, -0.15) is 5.26 Å². The van der Waals surface area contributed by atoms with Crippen molar-refractivity contribution in [2.45, 2.75) is 5.41 Å². The molecule has 1 atom stereocenters. The minimum Gasteiger partial charge on any atom is -0.457 e. The monoisotopic (exact) mass is 765 g/mol. The second kappa shape index (κ2) is 12.1. The Morgan fingerprint density at radius 1 is 0.450 bits per heavy atom. The van der Waals surface area contributed by atoms with Crippen LogP contribution >= 0.6 is 0 Å². The molecule has 0 saturated carbocycles. The lowest BCUT2D eigenvalue weighted by atomic mass is 9.66. The van der Waals surface area contributed by atoms with E-state index >= 15 is 0 Å². The summed E-state index contributed by atoms with van der Waals surface area (Å²) < 4.78 is 11.6. The summed E-state index contributed by atoms with van der Waals surface area (Å²) in [5.41, 5.74) is 14.5. The number of pyridine rings is 2. The van der Waals surface area contributed by atoms with Crippen LogP contribution < -0.4 is 4.74 Å². The lowest BCUT2D eigenvalue weighted by Crippen LogP contribution is -2.32. The molecule has 7 aromatic carbocycles. The summed E-state index contributed by atoms with van der Waals surface area (Å²) in [6.45, 7) is 0. The minimum absolute atomic E-state index is 0.636. The van der Waals surface area contributed by atoms with E-state index in [4.69, 9.17) is 14.7 Å². The van der Waals surface area contributed by atoms with E-state index in [2.05, 4.69) is 155 Å². The van der Waals surface area contributed by atoms with Gasteiger partial charge >= 0.3 is 0 Å². The maximum absolute atomic E-state index is 9.77. The van der Waals surface area contributed by atoms with Crippen molar-refractivity contribution in [3.05, 3.63) is 216 Å². The van der Waals surface area contributed by atoms with E-state index in [0.717, 1.165) is 95.0 Å². The van der Waals surface area contributed by atoms with Crippen LogP contribution in [-0.4, -0.2) is 19.1 Å². The molecule has 4 aromatic heterocycles. The number of rotatable bonds is 3. The lowest BCUT2D eigenvalue weighted by molar-refractivity contribution is 0.436. The molecule has 0 saturated heterocycles. The summed E-state index contributed by atoms with van der Waals surface area (Å²) in [6, 6.07) is 64.2. The Morgan fingerprint density at radius 2 is 1.10 bits per heavy atom. The summed E-state index contributed by atoms with van der Waals surface area (Å²) in [5, 5.41) is 14.3. The van der Waals surface area contributed by atoms with Gasteiger partial charge in [0.1, 0.15) is 11.5 Å². The Labute approximate surface area is 344 Å². The van der Waals surface area contributed by atoms with Gasteiger partial charge in [-0.15, -0.1) is 0 Å². The predicted molar refractivity (Wildman–Crippen MR) is 238 cm³/mol. The molecular weight excluding hydrogens is 735 g/mol. The zero-order valence-electron chi connectivity index (χ0n) is 32.0. The first-order valence-electron chi connectivity index (χ1n) is 20.1. The summed E-state index contributed by atoms with van der Waals surface area (Å²) in [5.74, 6) is 1.57. The fraction of sp³-hybridized carbons (Fsp3) is 0.0185. The van der Waals surface area contributed by atoms with E-state index in [-0.39, 0.29) is 0 Å². The number of aromatic nitrogens is 4. The highest BCUT2D eigenvalue weighted by Crippen LogP contribution is 2.62. The fourth-order valence-electron chi connectivity index (χ4n) is 10.2. The van der Waals surface area contributed by atoms with Gasteiger partial charge in [0, 0.05) is 73.6 Å². The third-order valence-electron chi connectivity index (χ3n) is 12.7. The van der Waals surface area contributed by atoms with Crippen molar-refractivity contribution in [3.8, 4) is 51.5 Å². The molecule has 0 radical (unpaired) electrons. The Bertz CT molecular complexity index is 3670. The molecule has 13 rings (SSSR count). The number of hydrogen-bond donors (Lipinski definition) is 0. The van der Waals surface area contributed by atoms with Crippen LogP contribution in [0.1, 0.15) is 27.8 Å². The highest BCUT2D eigenvalue weighted by molar-refractivity contribution is 6.11. The number of nitriles is 1. The van der Waals surface area contributed by atoms with Gasteiger partial charge < -0.3 is 13.9 Å². The van der Waals surface area contributed by atoms with E-state index in [1.54, 1.807) is 0 Å². The van der Waals surface area contributed by atoms with E-state index in [0.29, 0.717) is 5.56 Å². The largest absolute Gasteiger partial charge is 0.457 e. The molecule has 1 aliphatic carbocycles. The van der Waals surface area contributed by atoms with Crippen LogP contribution in [0, 0.1) is 11.3 Å². The van der Waals surface area contributed by atoms with Gasteiger partial charge in [0.2, 0.25) is 0 Å². The van der Waals surface area contributed by atoms with Crippen molar-refractivity contribution < 1.29 is 4.74 Å². The first-order valence-corrected chi connectivity index (χ1v) is 20.1. The van der Waals surface area contributed by atoms with E-state index < -0.39 is 5.41 Å². The second-order valence-corrected chi connectivity index (χ2v) is 15.7. The molecule has 0 amide bonds. The average molecular weight is 766 g/mol. The molecule has 0 N–H and O–H groups in total. The van der Waals surface area contributed by atoms with E-state index in [1.807, 2.05) is 48.8 Å². The molecule has 2 aliphatic rings. The van der Waals surface area contributed by atoms with E-state index in [1.165, 1.54) is 16.3 Å². The van der Waals surface area contributed by atoms with Crippen molar-refractivity contribution in [3.63, 3.8) is 0 Å². The molecule has 278 valence electrons. The molecule has 60 heavy (non-hydrogen) atoms. The number of benzene rings is 7. The highest BCUT2D eigenvalue weighted by atomic mass is 16.5. The summed E-state index contributed by atoms with van der Waals surface area (Å²) in [7, 11) is 0. The van der Waals surface area contributed by atoms with Crippen LogP contribution in [0.2, 0.25) is 0 Å². The minimum atomic E-state index is -0.749. The quantitative estimate of drug-likeness (QED) is 0.180. The lowest BCUT2D eigenvalue weighted by Gasteiger charge is -2.39. The topological polar surface area (TPSA) is 68.7 Å². The average Bonchev–Trinajstić information content (AvgIpc) is 3.93. The maximum Gasteiger partial charge on any atom is 0.134 e. The fourth-order valence-corrected chi connectivity index (χ4v) is 10.2. The summed E-state index contributed by atoms with van der Waals surface area (Å²) in [6.07, 6.45) is 3.87.